The summed E-state index contributed by atoms with van der Waals surface area (Å²) in [6, 6.07) is -0.0355. The highest BCUT2D eigenvalue weighted by Gasteiger charge is 2.16. The zero-order valence-electron chi connectivity index (χ0n) is 8.05. The number of halogens is 1. The Morgan fingerprint density at radius 1 is 1.50 bits per heavy atom. The van der Waals surface area contributed by atoms with Gasteiger partial charge in [-0.3, -0.25) is 4.79 Å². The first-order valence-corrected chi connectivity index (χ1v) is 4.28. The second-order valence-electron chi connectivity index (χ2n) is 3.11. The summed E-state index contributed by atoms with van der Waals surface area (Å²) in [4.78, 5) is 24.2. The highest BCUT2D eigenvalue weighted by Crippen LogP contribution is 2.15. The number of aromatic carboxylic acids is 1. The minimum atomic E-state index is -1.49. The van der Waals surface area contributed by atoms with Crippen molar-refractivity contribution in [3.8, 4) is 0 Å². The number of hydrogen-bond acceptors (Lipinski definition) is 4. The maximum absolute atomic E-state index is 13.2. The van der Waals surface area contributed by atoms with E-state index in [0.717, 1.165) is 12.3 Å². The van der Waals surface area contributed by atoms with Crippen LogP contribution in [0.25, 0.3) is 0 Å². The van der Waals surface area contributed by atoms with Gasteiger partial charge in [0.05, 0.1) is 6.42 Å². The third-order valence-corrected chi connectivity index (χ3v) is 1.89. The Labute approximate surface area is 89.5 Å². The summed E-state index contributed by atoms with van der Waals surface area (Å²) in [7, 11) is 0. The summed E-state index contributed by atoms with van der Waals surface area (Å²) in [6.45, 7) is 0. The molecule has 0 aliphatic carbocycles. The molecule has 86 valence electrons. The van der Waals surface area contributed by atoms with E-state index in [-0.39, 0.29) is 12.0 Å². The molecule has 0 aromatic carbocycles. The summed E-state index contributed by atoms with van der Waals surface area (Å²) < 4.78 is 13.2. The minimum absolute atomic E-state index is 0.143. The maximum atomic E-state index is 13.2. The van der Waals surface area contributed by atoms with Gasteiger partial charge in [0.25, 0.3) is 0 Å². The lowest BCUT2D eigenvalue weighted by Gasteiger charge is -2.09. The van der Waals surface area contributed by atoms with Crippen LogP contribution in [0.5, 0.6) is 0 Å². The molecule has 0 amide bonds. The number of rotatable bonds is 4. The van der Waals surface area contributed by atoms with Crippen LogP contribution < -0.4 is 5.73 Å². The summed E-state index contributed by atoms with van der Waals surface area (Å²) in [5, 5.41) is 17.0. The molecule has 0 bridgehead atoms. The Kier molecular flexibility index (Phi) is 3.51. The number of carbonyl (C=O) groups is 2. The van der Waals surface area contributed by atoms with Crippen LogP contribution in [0.2, 0.25) is 0 Å². The third-order valence-electron chi connectivity index (χ3n) is 1.89. The summed E-state index contributed by atoms with van der Waals surface area (Å²) >= 11 is 0. The molecule has 0 radical (unpaired) electrons. The highest BCUT2D eigenvalue weighted by molar-refractivity contribution is 5.85. The number of pyridine rings is 1. The molecule has 1 atom stereocenters. The molecule has 6 nitrogen and oxygen atoms in total. The number of carboxylic acids is 2. The van der Waals surface area contributed by atoms with E-state index in [1.807, 2.05) is 0 Å². The molecule has 1 rings (SSSR count). The van der Waals surface area contributed by atoms with Crippen molar-refractivity contribution in [2.75, 3.05) is 0 Å². The molecule has 1 aromatic rings. The molecule has 0 fully saturated rings. The average molecular weight is 228 g/mol. The highest BCUT2D eigenvalue weighted by atomic mass is 19.1. The molecular weight excluding hydrogens is 219 g/mol. The van der Waals surface area contributed by atoms with E-state index >= 15 is 0 Å². The molecule has 0 aliphatic heterocycles. The van der Waals surface area contributed by atoms with Crippen LogP contribution >= 0.6 is 0 Å². The van der Waals surface area contributed by atoms with E-state index in [4.69, 9.17) is 15.9 Å². The van der Waals surface area contributed by atoms with Crippen LogP contribution in [0, 0.1) is 5.82 Å². The molecule has 4 N–H and O–H groups in total. The Morgan fingerprint density at radius 3 is 2.56 bits per heavy atom. The van der Waals surface area contributed by atoms with Gasteiger partial charge in [-0.15, -0.1) is 0 Å². The van der Waals surface area contributed by atoms with Crippen molar-refractivity contribution < 1.29 is 24.2 Å². The number of aromatic nitrogens is 1. The van der Waals surface area contributed by atoms with Gasteiger partial charge in [-0.2, -0.15) is 0 Å². The first kappa shape index (κ1) is 12.1. The Hall–Kier alpha value is -2.02. The summed E-state index contributed by atoms with van der Waals surface area (Å²) in [5.74, 6) is -3.66. The lowest BCUT2D eigenvalue weighted by atomic mass is 10.1. The lowest BCUT2D eigenvalue weighted by molar-refractivity contribution is -0.137. The second-order valence-corrected chi connectivity index (χ2v) is 3.11. The zero-order valence-corrected chi connectivity index (χ0v) is 8.05. The molecule has 0 unspecified atom stereocenters. The van der Waals surface area contributed by atoms with E-state index in [9.17, 15) is 14.0 Å². The monoisotopic (exact) mass is 228 g/mol. The standard InChI is InChI=1S/C9H9FN2O4/c10-5-1-4(6(11)2-7(13)14)3-12-8(5)9(15)16/h1,3,6H,2,11H2,(H,13,14)(H,15,16)/t6-/m1/s1. The van der Waals surface area contributed by atoms with Crippen molar-refractivity contribution in [3.63, 3.8) is 0 Å². The van der Waals surface area contributed by atoms with Crippen molar-refractivity contribution >= 4 is 11.9 Å². The predicted octanol–water partition coefficient (Wildman–Crippen LogP) is 0.393. The Morgan fingerprint density at radius 2 is 2.12 bits per heavy atom. The number of nitrogens with two attached hydrogens (primary N) is 1. The first-order chi connectivity index (χ1) is 7.41. The van der Waals surface area contributed by atoms with Gasteiger partial charge in [0.2, 0.25) is 0 Å². The van der Waals surface area contributed by atoms with Crippen LogP contribution in [0.3, 0.4) is 0 Å². The lowest BCUT2D eigenvalue weighted by Crippen LogP contribution is -2.16. The van der Waals surface area contributed by atoms with E-state index in [1.54, 1.807) is 0 Å². The Bertz CT molecular complexity index is 436. The quantitative estimate of drug-likeness (QED) is 0.687. The van der Waals surface area contributed by atoms with Crippen molar-refractivity contribution in [2.24, 2.45) is 5.73 Å². The first-order valence-electron chi connectivity index (χ1n) is 4.28. The van der Waals surface area contributed by atoms with E-state index in [1.165, 1.54) is 0 Å². The minimum Gasteiger partial charge on any atom is -0.481 e. The average Bonchev–Trinajstić information content (AvgIpc) is 2.15. The van der Waals surface area contributed by atoms with Gasteiger partial charge >= 0.3 is 11.9 Å². The molecule has 7 heteroatoms. The molecule has 1 aromatic heterocycles. The molecular formula is C9H9FN2O4. The molecule has 1 heterocycles. The second kappa shape index (κ2) is 4.67. The summed E-state index contributed by atoms with van der Waals surface area (Å²) in [6.07, 6.45) is 0.674. The normalized spacial score (nSPS) is 12.1. The van der Waals surface area contributed by atoms with Crippen LogP contribution in [0.1, 0.15) is 28.5 Å². The van der Waals surface area contributed by atoms with E-state index < -0.39 is 29.5 Å². The molecule has 0 spiro atoms. The van der Waals surface area contributed by atoms with Crippen molar-refractivity contribution in [1.29, 1.82) is 0 Å². The van der Waals surface area contributed by atoms with Crippen molar-refractivity contribution in [3.05, 3.63) is 29.3 Å². The largest absolute Gasteiger partial charge is 0.481 e. The van der Waals surface area contributed by atoms with Gasteiger partial charge in [-0.1, -0.05) is 0 Å². The van der Waals surface area contributed by atoms with Crippen molar-refractivity contribution in [2.45, 2.75) is 12.5 Å². The fraction of sp³-hybridized carbons (Fsp3) is 0.222. The predicted molar refractivity (Wildman–Crippen MR) is 50.3 cm³/mol. The number of nitrogens with zero attached hydrogens (tertiary/aromatic N) is 1. The van der Waals surface area contributed by atoms with Crippen LogP contribution in [0.4, 0.5) is 4.39 Å². The Balaban J connectivity index is 2.96. The topological polar surface area (TPSA) is 114 Å². The van der Waals surface area contributed by atoms with Crippen molar-refractivity contribution in [1.82, 2.24) is 4.98 Å². The molecule has 0 saturated carbocycles. The summed E-state index contributed by atoms with van der Waals surface area (Å²) in [5.41, 5.74) is 4.88. The number of aliphatic carboxylic acids is 1. The van der Waals surface area contributed by atoms with Crippen LogP contribution in [-0.4, -0.2) is 27.1 Å². The zero-order chi connectivity index (χ0) is 12.3. The van der Waals surface area contributed by atoms with Gasteiger partial charge in [0.1, 0.15) is 0 Å². The fourth-order valence-electron chi connectivity index (χ4n) is 1.12. The van der Waals surface area contributed by atoms with Gasteiger partial charge in [0.15, 0.2) is 11.5 Å². The van der Waals surface area contributed by atoms with Gasteiger partial charge in [-0.25, -0.2) is 14.2 Å². The molecule has 0 aliphatic rings. The number of hydrogen-bond donors (Lipinski definition) is 3. The SMILES string of the molecule is N[C@H](CC(=O)O)c1cnc(C(=O)O)c(F)c1. The van der Waals surface area contributed by atoms with Crippen LogP contribution in [0.15, 0.2) is 12.3 Å². The molecule has 0 saturated heterocycles. The van der Waals surface area contributed by atoms with E-state index in [2.05, 4.69) is 4.98 Å². The maximum Gasteiger partial charge on any atom is 0.357 e. The van der Waals surface area contributed by atoms with E-state index in [0.29, 0.717) is 0 Å². The number of carboxylic acid groups (broad SMARTS) is 2. The smallest absolute Gasteiger partial charge is 0.357 e. The van der Waals surface area contributed by atoms with Gasteiger partial charge in [-0.05, 0) is 11.6 Å². The van der Waals surface area contributed by atoms with Gasteiger partial charge < -0.3 is 15.9 Å². The fourth-order valence-corrected chi connectivity index (χ4v) is 1.12. The van der Waals surface area contributed by atoms with Gasteiger partial charge in [0, 0.05) is 12.2 Å². The molecule has 16 heavy (non-hydrogen) atoms. The third kappa shape index (κ3) is 2.74. The van der Waals surface area contributed by atoms with Crippen LogP contribution in [-0.2, 0) is 4.79 Å².